The molecule has 100 valence electrons. The minimum absolute atomic E-state index is 0.328. The molecule has 1 aromatic carbocycles. The maximum absolute atomic E-state index is 13.7. The van der Waals surface area contributed by atoms with Crippen LogP contribution in [0.1, 0.15) is 38.7 Å². The van der Waals surface area contributed by atoms with Gasteiger partial charge in [-0.2, -0.15) is 0 Å². The van der Waals surface area contributed by atoms with Crippen LogP contribution in [-0.2, 0) is 6.42 Å². The third-order valence-electron chi connectivity index (χ3n) is 4.59. The predicted molar refractivity (Wildman–Crippen MR) is 69.2 cm³/mol. The fourth-order valence-electron chi connectivity index (χ4n) is 3.08. The molecule has 1 fully saturated rings. The van der Waals surface area contributed by atoms with Gasteiger partial charge in [-0.05, 0) is 48.4 Å². The van der Waals surface area contributed by atoms with E-state index < -0.39 is 11.4 Å². The zero-order valence-corrected chi connectivity index (χ0v) is 11.0. The molecule has 0 heterocycles. The third kappa shape index (κ3) is 2.56. The SMILES string of the molecule is CC1CCCC(N)(Cc2cc(F)ccc2F)C1C. The Balaban J connectivity index is 2.23. The summed E-state index contributed by atoms with van der Waals surface area (Å²) in [4.78, 5) is 0. The summed E-state index contributed by atoms with van der Waals surface area (Å²) in [5.74, 6) is 0.118. The Kier molecular flexibility index (Phi) is 3.71. The van der Waals surface area contributed by atoms with E-state index in [0.29, 0.717) is 23.8 Å². The molecule has 0 spiro atoms. The van der Waals surface area contributed by atoms with Crippen LogP contribution in [0, 0.1) is 23.5 Å². The summed E-state index contributed by atoms with van der Waals surface area (Å²) in [5, 5.41) is 0. The maximum Gasteiger partial charge on any atom is 0.126 e. The summed E-state index contributed by atoms with van der Waals surface area (Å²) in [6, 6.07) is 3.61. The normalized spacial score (nSPS) is 32.5. The molecule has 2 N–H and O–H groups in total. The van der Waals surface area contributed by atoms with Crippen LogP contribution in [0.4, 0.5) is 8.78 Å². The van der Waals surface area contributed by atoms with E-state index in [2.05, 4.69) is 13.8 Å². The van der Waals surface area contributed by atoms with E-state index in [1.807, 2.05) is 0 Å². The van der Waals surface area contributed by atoms with Gasteiger partial charge in [-0.25, -0.2) is 8.78 Å². The molecule has 1 aliphatic rings. The van der Waals surface area contributed by atoms with Gasteiger partial charge in [-0.1, -0.05) is 26.7 Å². The number of rotatable bonds is 2. The summed E-state index contributed by atoms with van der Waals surface area (Å²) in [7, 11) is 0. The Morgan fingerprint density at radius 3 is 2.78 bits per heavy atom. The minimum atomic E-state index is -0.410. The van der Waals surface area contributed by atoms with Gasteiger partial charge in [0, 0.05) is 5.54 Å². The molecule has 1 aliphatic carbocycles. The Labute approximate surface area is 107 Å². The predicted octanol–water partition coefficient (Wildman–Crippen LogP) is 3.66. The fraction of sp³-hybridized carbons (Fsp3) is 0.600. The van der Waals surface area contributed by atoms with E-state index in [9.17, 15) is 8.78 Å². The van der Waals surface area contributed by atoms with Crippen LogP contribution in [0.25, 0.3) is 0 Å². The highest BCUT2D eigenvalue weighted by Gasteiger charge is 2.38. The number of halogens is 2. The van der Waals surface area contributed by atoms with Crippen molar-refractivity contribution in [3.05, 3.63) is 35.4 Å². The molecule has 3 heteroatoms. The van der Waals surface area contributed by atoms with Crippen molar-refractivity contribution in [2.45, 2.75) is 45.1 Å². The summed E-state index contributed by atoms with van der Waals surface area (Å²) in [6.07, 6.45) is 3.54. The molecule has 1 aromatic rings. The van der Waals surface area contributed by atoms with Gasteiger partial charge in [0.05, 0.1) is 0 Å². The Morgan fingerprint density at radius 2 is 2.06 bits per heavy atom. The average Bonchev–Trinajstić information content (AvgIpc) is 2.31. The Hall–Kier alpha value is -0.960. The first-order valence-electron chi connectivity index (χ1n) is 6.65. The Bertz CT molecular complexity index is 433. The van der Waals surface area contributed by atoms with Gasteiger partial charge < -0.3 is 5.73 Å². The highest BCUT2D eigenvalue weighted by atomic mass is 19.1. The molecule has 1 saturated carbocycles. The van der Waals surface area contributed by atoms with Crippen molar-refractivity contribution < 1.29 is 8.78 Å². The van der Waals surface area contributed by atoms with Crippen molar-refractivity contribution in [2.75, 3.05) is 0 Å². The number of hydrogen-bond donors (Lipinski definition) is 1. The third-order valence-corrected chi connectivity index (χ3v) is 4.59. The number of hydrogen-bond acceptors (Lipinski definition) is 1. The zero-order chi connectivity index (χ0) is 13.3. The van der Waals surface area contributed by atoms with E-state index in [0.717, 1.165) is 18.9 Å². The van der Waals surface area contributed by atoms with Crippen LogP contribution in [0.15, 0.2) is 18.2 Å². The first kappa shape index (κ1) is 13.5. The molecule has 3 unspecified atom stereocenters. The lowest BCUT2D eigenvalue weighted by atomic mass is 9.66. The summed E-state index contributed by atoms with van der Waals surface area (Å²) < 4.78 is 26.9. The first-order chi connectivity index (χ1) is 8.42. The van der Waals surface area contributed by atoms with E-state index >= 15 is 0 Å². The number of benzene rings is 1. The quantitative estimate of drug-likeness (QED) is 0.855. The second kappa shape index (κ2) is 4.96. The molecular weight excluding hydrogens is 232 g/mol. The van der Waals surface area contributed by atoms with E-state index in [1.165, 1.54) is 18.6 Å². The van der Waals surface area contributed by atoms with Gasteiger partial charge >= 0.3 is 0 Å². The summed E-state index contributed by atoms with van der Waals surface area (Å²) >= 11 is 0. The van der Waals surface area contributed by atoms with Crippen molar-refractivity contribution in [1.82, 2.24) is 0 Å². The molecule has 0 aliphatic heterocycles. The zero-order valence-electron chi connectivity index (χ0n) is 11.0. The molecule has 0 radical (unpaired) electrons. The molecule has 1 nitrogen and oxygen atoms in total. The van der Waals surface area contributed by atoms with Crippen LogP contribution in [0.2, 0.25) is 0 Å². The summed E-state index contributed by atoms with van der Waals surface area (Å²) in [6.45, 7) is 4.31. The lowest BCUT2D eigenvalue weighted by molar-refractivity contribution is 0.142. The van der Waals surface area contributed by atoms with Gasteiger partial charge in [0.25, 0.3) is 0 Å². The van der Waals surface area contributed by atoms with Crippen LogP contribution in [-0.4, -0.2) is 5.54 Å². The van der Waals surface area contributed by atoms with Crippen LogP contribution in [0.5, 0.6) is 0 Å². The van der Waals surface area contributed by atoms with Crippen LogP contribution >= 0.6 is 0 Å². The topological polar surface area (TPSA) is 26.0 Å². The first-order valence-corrected chi connectivity index (χ1v) is 6.65. The maximum atomic E-state index is 13.7. The van der Waals surface area contributed by atoms with E-state index in [1.54, 1.807) is 0 Å². The number of nitrogens with two attached hydrogens (primary N) is 1. The second-order valence-electron chi connectivity index (χ2n) is 5.80. The van der Waals surface area contributed by atoms with Gasteiger partial charge in [0.2, 0.25) is 0 Å². The van der Waals surface area contributed by atoms with Gasteiger partial charge in [-0.3, -0.25) is 0 Å². The molecule has 0 saturated heterocycles. The van der Waals surface area contributed by atoms with Crippen molar-refractivity contribution >= 4 is 0 Å². The minimum Gasteiger partial charge on any atom is -0.325 e. The van der Waals surface area contributed by atoms with Gasteiger partial charge in [-0.15, -0.1) is 0 Å². The highest BCUT2D eigenvalue weighted by Crippen LogP contribution is 2.38. The standard InChI is InChI=1S/C15H21F2N/c1-10-4-3-7-15(18,11(10)2)9-12-8-13(16)5-6-14(12)17/h5-6,8,10-11H,3-4,7,9,18H2,1-2H3. The molecule has 0 bridgehead atoms. The van der Waals surface area contributed by atoms with Crippen LogP contribution in [0.3, 0.4) is 0 Å². The average molecular weight is 253 g/mol. The molecule has 18 heavy (non-hydrogen) atoms. The molecule has 2 rings (SSSR count). The smallest absolute Gasteiger partial charge is 0.126 e. The molecule has 3 atom stereocenters. The van der Waals surface area contributed by atoms with Gasteiger partial charge in [0.1, 0.15) is 11.6 Å². The molecule has 0 aromatic heterocycles. The second-order valence-corrected chi connectivity index (χ2v) is 5.80. The largest absolute Gasteiger partial charge is 0.325 e. The molecule has 0 amide bonds. The van der Waals surface area contributed by atoms with Crippen molar-refractivity contribution in [3.8, 4) is 0 Å². The monoisotopic (exact) mass is 253 g/mol. The lowest BCUT2D eigenvalue weighted by Crippen LogP contribution is -2.52. The lowest BCUT2D eigenvalue weighted by Gasteiger charge is -2.43. The highest BCUT2D eigenvalue weighted by molar-refractivity contribution is 5.22. The van der Waals surface area contributed by atoms with E-state index in [4.69, 9.17) is 5.73 Å². The Morgan fingerprint density at radius 1 is 1.33 bits per heavy atom. The van der Waals surface area contributed by atoms with Crippen molar-refractivity contribution in [3.63, 3.8) is 0 Å². The van der Waals surface area contributed by atoms with E-state index in [-0.39, 0.29) is 5.82 Å². The summed E-state index contributed by atoms with van der Waals surface area (Å²) in [5.41, 5.74) is 6.45. The van der Waals surface area contributed by atoms with Crippen molar-refractivity contribution in [2.24, 2.45) is 17.6 Å². The van der Waals surface area contributed by atoms with Crippen molar-refractivity contribution in [1.29, 1.82) is 0 Å². The van der Waals surface area contributed by atoms with Crippen LogP contribution < -0.4 is 5.73 Å². The molecular formula is C15H21F2N. The van der Waals surface area contributed by atoms with Gasteiger partial charge in [0.15, 0.2) is 0 Å². The fourth-order valence-corrected chi connectivity index (χ4v) is 3.08.